The first kappa shape index (κ1) is 18.1. The van der Waals surface area contributed by atoms with Crippen LogP contribution in [0.15, 0.2) is 77.0 Å². The Bertz CT molecular complexity index is 1350. The SMILES string of the molecule is CC(=NO)c1ccc(-n2c3ccccc3c3cc(C4=NOC(=O)CC4)ccc32)cc1. The number of carbonyl (C=O) groups is 1. The van der Waals surface area contributed by atoms with Crippen molar-refractivity contribution in [1.82, 2.24) is 4.57 Å². The Balaban J connectivity index is 1.69. The number of rotatable bonds is 3. The molecule has 0 unspecified atom stereocenters. The molecule has 2 heterocycles. The molecule has 6 nitrogen and oxygen atoms in total. The zero-order valence-electron chi connectivity index (χ0n) is 16.4. The number of para-hydroxylation sites is 1. The Morgan fingerprint density at radius 2 is 1.77 bits per heavy atom. The number of hydrogen-bond acceptors (Lipinski definition) is 5. The van der Waals surface area contributed by atoms with Crippen LogP contribution in [0, 0.1) is 0 Å². The monoisotopic (exact) mass is 397 g/mol. The largest absolute Gasteiger partial charge is 0.411 e. The van der Waals surface area contributed by atoms with Crippen LogP contribution in [0.2, 0.25) is 0 Å². The third-order valence-corrected chi connectivity index (χ3v) is 5.52. The Morgan fingerprint density at radius 1 is 1.00 bits per heavy atom. The van der Waals surface area contributed by atoms with E-state index >= 15 is 0 Å². The fourth-order valence-electron chi connectivity index (χ4n) is 3.95. The van der Waals surface area contributed by atoms with E-state index in [1.807, 2.05) is 42.5 Å². The second-order valence-corrected chi connectivity index (χ2v) is 7.32. The van der Waals surface area contributed by atoms with Crippen molar-refractivity contribution < 1.29 is 14.8 Å². The van der Waals surface area contributed by atoms with E-state index in [1.54, 1.807) is 6.92 Å². The lowest BCUT2D eigenvalue weighted by atomic mass is 10.0. The van der Waals surface area contributed by atoms with Crippen LogP contribution in [-0.4, -0.2) is 27.2 Å². The normalized spacial score (nSPS) is 14.8. The van der Waals surface area contributed by atoms with E-state index in [4.69, 9.17) is 10.0 Å². The summed E-state index contributed by atoms with van der Waals surface area (Å²) in [6.07, 6.45) is 0.928. The summed E-state index contributed by atoms with van der Waals surface area (Å²) in [4.78, 5) is 16.2. The second-order valence-electron chi connectivity index (χ2n) is 7.32. The van der Waals surface area contributed by atoms with Crippen LogP contribution in [0.3, 0.4) is 0 Å². The van der Waals surface area contributed by atoms with Crippen molar-refractivity contribution in [1.29, 1.82) is 0 Å². The van der Waals surface area contributed by atoms with Crippen LogP contribution in [-0.2, 0) is 9.63 Å². The lowest BCUT2D eigenvalue weighted by Crippen LogP contribution is -2.14. The van der Waals surface area contributed by atoms with Crippen molar-refractivity contribution in [2.75, 3.05) is 0 Å². The Labute approximate surface area is 172 Å². The minimum atomic E-state index is -0.290. The van der Waals surface area contributed by atoms with Crippen LogP contribution in [0.25, 0.3) is 27.5 Å². The van der Waals surface area contributed by atoms with Gasteiger partial charge in [-0.15, -0.1) is 0 Å². The van der Waals surface area contributed by atoms with Gasteiger partial charge in [0.05, 0.1) is 28.9 Å². The molecule has 0 radical (unpaired) electrons. The Kier molecular flexibility index (Phi) is 4.32. The molecule has 5 rings (SSSR count). The molecule has 1 aliphatic heterocycles. The molecule has 0 atom stereocenters. The van der Waals surface area contributed by atoms with Gasteiger partial charge in [0.25, 0.3) is 0 Å². The average molecular weight is 397 g/mol. The predicted molar refractivity (Wildman–Crippen MR) is 117 cm³/mol. The van der Waals surface area contributed by atoms with Gasteiger partial charge in [-0.25, -0.2) is 4.79 Å². The van der Waals surface area contributed by atoms with Gasteiger partial charge in [0.15, 0.2) is 0 Å². The molecular weight excluding hydrogens is 378 g/mol. The van der Waals surface area contributed by atoms with Gasteiger partial charge >= 0.3 is 5.97 Å². The van der Waals surface area contributed by atoms with Gasteiger partial charge in [0, 0.05) is 28.4 Å². The minimum Gasteiger partial charge on any atom is -0.411 e. The summed E-state index contributed by atoms with van der Waals surface area (Å²) < 4.78 is 2.21. The second kappa shape index (κ2) is 7.15. The summed E-state index contributed by atoms with van der Waals surface area (Å²) >= 11 is 0. The molecular formula is C24H19N3O3. The first-order chi connectivity index (χ1) is 14.7. The summed E-state index contributed by atoms with van der Waals surface area (Å²) in [5, 5.41) is 18.5. The van der Waals surface area contributed by atoms with Gasteiger partial charge in [0.1, 0.15) is 0 Å². The van der Waals surface area contributed by atoms with Crippen molar-refractivity contribution >= 4 is 39.2 Å². The maximum atomic E-state index is 11.3. The Morgan fingerprint density at radius 3 is 2.50 bits per heavy atom. The molecule has 4 aromatic rings. The number of fused-ring (bicyclic) bond motifs is 3. The molecule has 1 aliphatic rings. The number of hydrogen-bond donors (Lipinski definition) is 1. The van der Waals surface area contributed by atoms with E-state index in [1.165, 1.54) is 0 Å². The number of benzene rings is 3. The van der Waals surface area contributed by atoms with Crippen LogP contribution in [0.1, 0.15) is 30.9 Å². The van der Waals surface area contributed by atoms with E-state index in [-0.39, 0.29) is 5.97 Å². The first-order valence-corrected chi connectivity index (χ1v) is 9.75. The third-order valence-electron chi connectivity index (χ3n) is 5.52. The minimum absolute atomic E-state index is 0.290. The van der Waals surface area contributed by atoms with Crippen molar-refractivity contribution in [3.8, 4) is 5.69 Å². The van der Waals surface area contributed by atoms with Gasteiger partial charge in [-0.05, 0) is 42.8 Å². The zero-order valence-corrected chi connectivity index (χ0v) is 16.4. The number of aromatic nitrogens is 1. The molecule has 1 N–H and O–H groups in total. The number of carbonyl (C=O) groups excluding carboxylic acids is 1. The molecule has 6 heteroatoms. The zero-order chi connectivity index (χ0) is 20.7. The topological polar surface area (TPSA) is 76.2 Å². The van der Waals surface area contributed by atoms with Crippen LogP contribution < -0.4 is 0 Å². The molecule has 148 valence electrons. The summed E-state index contributed by atoms with van der Waals surface area (Å²) in [5.74, 6) is -0.290. The van der Waals surface area contributed by atoms with Crippen LogP contribution in [0.4, 0.5) is 0 Å². The fraction of sp³-hybridized carbons (Fsp3) is 0.125. The van der Waals surface area contributed by atoms with Crippen molar-refractivity contribution in [3.05, 3.63) is 77.9 Å². The molecule has 0 fully saturated rings. The summed E-state index contributed by atoms with van der Waals surface area (Å²) in [6.45, 7) is 1.77. The summed E-state index contributed by atoms with van der Waals surface area (Å²) in [6, 6.07) is 22.4. The van der Waals surface area contributed by atoms with E-state index in [2.05, 4.69) is 39.1 Å². The van der Waals surface area contributed by atoms with E-state index in [0.717, 1.165) is 44.3 Å². The van der Waals surface area contributed by atoms with E-state index in [9.17, 15) is 4.79 Å². The molecule has 0 spiro atoms. The first-order valence-electron chi connectivity index (χ1n) is 9.75. The van der Waals surface area contributed by atoms with Crippen LogP contribution >= 0.6 is 0 Å². The van der Waals surface area contributed by atoms with Gasteiger partial charge in [-0.3, -0.25) is 0 Å². The molecule has 0 saturated heterocycles. The highest BCUT2D eigenvalue weighted by atomic mass is 16.7. The lowest BCUT2D eigenvalue weighted by Gasteiger charge is -2.11. The van der Waals surface area contributed by atoms with Gasteiger partial charge < -0.3 is 14.6 Å². The van der Waals surface area contributed by atoms with Gasteiger partial charge in [-0.1, -0.05) is 46.7 Å². The molecule has 0 amide bonds. The van der Waals surface area contributed by atoms with Gasteiger partial charge in [-0.2, -0.15) is 0 Å². The molecule has 1 aromatic heterocycles. The van der Waals surface area contributed by atoms with E-state index < -0.39 is 0 Å². The Hall–Kier alpha value is -3.93. The van der Waals surface area contributed by atoms with Crippen molar-refractivity contribution in [3.63, 3.8) is 0 Å². The highest BCUT2D eigenvalue weighted by Gasteiger charge is 2.18. The maximum absolute atomic E-state index is 11.3. The average Bonchev–Trinajstić information content (AvgIpc) is 3.13. The highest BCUT2D eigenvalue weighted by Crippen LogP contribution is 2.33. The molecule has 0 aliphatic carbocycles. The fourth-order valence-corrected chi connectivity index (χ4v) is 3.95. The van der Waals surface area contributed by atoms with Crippen molar-refractivity contribution in [2.24, 2.45) is 10.3 Å². The summed E-state index contributed by atoms with van der Waals surface area (Å²) in [7, 11) is 0. The standard InChI is InChI=1S/C24H19N3O3/c1-15(25-29)16-6-9-18(10-7-16)27-22-5-3-2-4-19(22)20-14-17(8-12-23(20)27)21-11-13-24(28)30-26-21/h2-10,12,14,29H,11,13H2,1H3. The van der Waals surface area contributed by atoms with E-state index in [0.29, 0.717) is 18.6 Å². The summed E-state index contributed by atoms with van der Waals surface area (Å²) in [5.41, 5.74) is 6.39. The predicted octanol–water partition coefficient (Wildman–Crippen LogP) is 5.02. The lowest BCUT2D eigenvalue weighted by molar-refractivity contribution is -0.144. The molecule has 3 aromatic carbocycles. The molecule has 0 saturated carbocycles. The van der Waals surface area contributed by atoms with Gasteiger partial charge in [0.2, 0.25) is 0 Å². The quantitative estimate of drug-likeness (QED) is 0.228. The highest BCUT2D eigenvalue weighted by molar-refractivity contribution is 6.13. The maximum Gasteiger partial charge on any atom is 0.335 e. The number of oxime groups is 2. The van der Waals surface area contributed by atoms with Crippen LogP contribution in [0.5, 0.6) is 0 Å². The van der Waals surface area contributed by atoms with Crippen molar-refractivity contribution in [2.45, 2.75) is 19.8 Å². The smallest absolute Gasteiger partial charge is 0.335 e. The molecule has 0 bridgehead atoms. The number of nitrogens with zero attached hydrogens (tertiary/aromatic N) is 3. The molecule has 30 heavy (non-hydrogen) atoms. The third kappa shape index (κ3) is 2.93.